The molecule has 1 aliphatic carbocycles. The predicted octanol–water partition coefficient (Wildman–Crippen LogP) is 2.40. The highest BCUT2D eigenvalue weighted by Gasteiger charge is 2.63. The first kappa shape index (κ1) is 8.62. The molecule has 4 rings (SSSR count). The molecule has 82 valence electrons. The minimum absolute atomic E-state index is 0.160. The van der Waals surface area contributed by atoms with Crippen LogP contribution in [0.2, 0.25) is 0 Å². The molecule has 2 unspecified atom stereocenters. The average Bonchev–Trinajstić information content (AvgIpc) is 2.68. The van der Waals surface area contributed by atoms with Gasteiger partial charge in [0.25, 0.3) is 0 Å². The number of aryl methyl sites for hydroxylation is 1. The molecule has 16 heavy (non-hydrogen) atoms. The summed E-state index contributed by atoms with van der Waals surface area (Å²) in [5.74, 6) is 0.615. The van der Waals surface area contributed by atoms with Crippen LogP contribution in [0.4, 0.5) is 5.69 Å². The van der Waals surface area contributed by atoms with Crippen molar-refractivity contribution in [3.8, 4) is 0 Å². The van der Waals surface area contributed by atoms with E-state index in [2.05, 4.69) is 36.3 Å². The van der Waals surface area contributed by atoms with E-state index in [9.17, 15) is 0 Å². The van der Waals surface area contributed by atoms with E-state index in [0.29, 0.717) is 5.92 Å². The second-order valence-corrected chi connectivity index (χ2v) is 5.12. The number of nitrogens with one attached hydrogen (secondary N) is 2. The van der Waals surface area contributed by atoms with Crippen LogP contribution in [0.1, 0.15) is 37.6 Å². The molecule has 2 atom stereocenters. The third kappa shape index (κ3) is 0.833. The fraction of sp³-hybridized carbons (Fsp3) is 0.462. The Hall–Kier alpha value is -1.51. The monoisotopic (exact) mass is 213 g/mol. The Morgan fingerprint density at radius 1 is 1.56 bits per heavy atom. The van der Waals surface area contributed by atoms with Gasteiger partial charge < -0.3 is 10.3 Å². The molecule has 3 heteroatoms. The van der Waals surface area contributed by atoms with E-state index in [-0.39, 0.29) is 5.54 Å². The Bertz CT molecular complexity index is 550. The molecule has 1 spiro atoms. The summed E-state index contributed by atoms with van der Waals surface area (Å²) in [6, 6.07) is 2.20. The van der Waals surface area contributed by atoms with Gasteiger partial charge in [0, 0.05) is 23.0 Å². The normalized spacial score (nSPS) is 33.2. The van der Waals surface area contributed by atoms with Crippen LogP contribution < -0.4 is 5.32 Å². The number of aromatic nitrogens is 1. The number of hydrogen-bond donors (Lipinski definition) is 2. The zero-order valence-corrected chi connectivity index (χ0v) is 9.59. The van der Waals surface area contributed by atoms with Crippen LogP contribution in [0.15, 0.2) is 22.8 Å². The smallest absolute Gasteiger partial charge is 0.0886 e. The van der Waals surface area contributed by atoms with Gasteiger partial charge in [0.2, 0.25) is 0 Å². The van der Waals surface area contributed by atoms with Gasteiger partial charge in [-0.1, -0.05) is 6.92 Å². The summed E-state index contributed by atoms with van der Waals surface area (Å²) in [5, 5.41) is 3.58. The number of H-pyrrole nitrogens is 1. The summed E-state index contributed by atoms with van der Waals surface area (Å²) in [6.07, 6.45) is 4.44. The van der Waals surface area contributed by atoms with Gasteiger partial charge in [-0.05, 0) is 31.9 Å². The van der Waals surface area contributed by atoms with Crippen molar-refractivity contribution in [2.24, 2.45) is 4.99 Å². The minimum Gasteiger partial charge on any atom is -0.377 e. The lowest BCUT2D eigenvalue weighted by molar-refractivity contribution is 0.699. The Morgan fingerprint density at radius 2 is 2.44 bits per heavy atom. The maximum Gasteiger partial charge on any atom is 0.0886 e. The van der Waals surface area contributed by atoms with Gasteiger partial charge >= 0.3 is 0 Å². The van der Waals surface area contributed by atoms with Gasteiger partial charge in [-0.3, -0.25) is 0 Å². The first-order valence-electron chi connectivity index (χ1n) is 6.00. The van der Waals surface area contributed by atoms with Crippen LogP contribution in [-0.2, 0) is 6.42 Å². The van der Waals surface area contributed by atoms with Crippen molar-refractivity contribution in [3.63, 3.8) is 0 Å². The van der Waals surface area contributed by atoms with Gasteiger partial charge in [-0.2, -0.15) is 0 Å². The Morgan fingerprint density at radius 3 is 3.25 bits per heavy atom. The van der Waals surface area contributed by atoms with Crippen molar-refractivity contribution in [2.75, 3.05) is 0 Å². The first-order valence-corrected chi connectivity index (χ1v) is 6.00. The number of rotatable bonds is 1. The highest BCUT2D eigenvalue weighted by molar-refractivity contribution is 6.11. The van der Waals surface area contributed by atoms with E-state index in [0.717, 1.165) is 12.1 Å². The second-order valence-electron chi connectivity index (χ2n) is 5.12. The molecule has 1 aromatic heterocycles. The standard InChI is InChI=1S/C13H15N3/c1-3-8-5-10-12(14-8)9-6-13(9)11(15-10)4-7(2)16-13/h4-5,9,14,16H,3,6H2,1-2H3. The van der Waals surface area contributed by atoms with Gasteiger partial charge in [0.15, 0.2) is 0 Å². The number of allylic oxidation sites excluding steroid dienone is 1. The maximum absolute atomic E-state index is 4.79. The van der Waals surface area contributed by atoms with Crippen molar-refractivity contribution >= 4 is 11.4 Å². The summed E-state index contributed by atoms with van der Waals surface area (Å²) in [4.78, 5) is 8.31. The Labute approximate surface area is 94.7 Å². The van der Waals surface area contributed by atoms with Crippen LogP contribution in [0.3, 0.4) is 0 Å². The van der Waals surface area contributed by atoms with Crippen LogP contribution in [0.5, 0.6) is 0 Å². The molecule has 2 aliphatic heterocycles. The topological polar surface area (TPSA) is 40.2 Å². The van der Waals surface area contributed by atoms with Crippen LogP contribution in [0, 0.1) is 0 Å². The largest absolute Gasteiger partial charge is 0.377 e. The molecule has 3 aliphatic rings. The van der Waals surface area contributed by atoms with Gasteiger partial charge in [-0.15, -0.1) is 0 Å². The van der Waals surface area contributed by atoms with E-state index in [4.69, 9.17) is 4.99 Å². The fourth-order valence-corrected chi connectivity index (χ4v) is 3.14. The molecule has 1 fully saturated rings. The third-order valence-electron chi connectivity index (χ3n) is 4.04. The summed E-state index contributed by atoms with van der Waals surface area (Å²) in [5.41, 5.74) is 6.46. The molecule has 1 saturated carbocycles. The molecular formula is C13H15N3. The molecule has 1 aromatic rings. The van der Waals surface area contributed by atoms with Gasteiger partial charge in [-0.25, -0.2) is 4.99 Å². The second kappa shape index (κ2) is 2.42. The van der Waals surface area contributed by atoms with E-state index in [1.165, 1.54) is 29.2 Å². The zero-order valence-electron chi connectivity index (χ0n) is 9.59. The third-order valence-corrected chi connectivity index (χ3v) is 4.04. The molecule has 0 radical (unpaired) electrons. The van der Waals surface area contributed by atoms with Crippen molar-refractivity contribution in [3.05, 3.63) is 29.2 Å². The summed E-state index contributed by atoms with van der Waals surface area (Å²) < 4.78 is 0. The van der Waals surface area contributed by atoms with E-state index in [1.807, 2.05) is 0 Å². The van der Waals surface area contributed by atoms with Crippen molar-refractivity contribution in [1.29, 1.82) is 0 Å². The lowest BCUT2D eigenvalue weighted by Crippen LogP contribution is -2.34. The van der Waals surface area contributed by atoms with E-state index >= 15 is 0 Å². The number of hydrogen-bond acceptors (Lipinski definition) is 2. The van der Waals surface area contributed by atoms with Gasteiger partial charge in [0.05, 0.1) is 16.9 Å². The van der Waals surface area contributed by atoms with Crippen LogP contribution in [-0.4, -0.2) is 16.2 Å². The predicted molar refractivity (Wildman–Crippen MR) is 64.2 cm³/mol. The fourth-order valence-electron chi connectivity index (χ4n) is 3.14. The highest BCUT2D eigenvalue weighted by atomic mass is 15.1. The summed E-state index contributed by atoms with van der Waals surface area (Å²) in [7, 11) is 0. The number of fused-ring (bicyclic) bond motifs is 2. The number of aromatic amines is 1. The molecule has 0 bridgehead atoms. The molecular weight excluding hydrogens is 198 g/mol. The molecule has 3 nitrogen and oxygen atoms in total. The minimum atomic E-state index is 0.160. The van der Waals surface area contributed by atoms with Gasteiger partial charge in [0.1, 0.15) is 0 Å². The summed E-state index contributed by atoms with van der Waals surface area (Å²) >= 11 is 0. The van der Waals surface area contributed by atoms with E-state index < -0.39 is 0 Å². The zero-order chi connectivity index (χ0) is 10.9. The van der Waals surface area contributed by atoms with Crippen LogP contribution in [0.25, 0.3) is 0 Å². The molecule has 2 N–H and O–H groups in total. The quantitative estimate of drug-likeness (QED) is 0.738. The van der Waals surface area contributed by atoms with E-state index in [1.54, 1.807) is 0 Å². The Balaban J connectivity index is 1.89. The molecule has 3 heterocycles. The molecule has 0 amide bonds. The molecule has 0 saturated heterocycles. The number of nitrogens with zero attached hydrogens (tertiary/aromatic N) is 1. The first-order chi connectivity index (χ1) is 7.73. The lowest BCUT2D eigenvalue weighted by Gasteiger charge is -2.17. The van der Waals surface area contributed by atoms with Crippen molar-refractivity contribution in [2.45, 2.75) is 38.1 Å². The van der Waals surface area contributed by atoms with Crippen LogP contribution >= 0.6 is 0 Å². The molecule has 0 aromatic carbocycles. The highest BCUT2D eigenvalue weighted by Crippen LogP contribution is 2.59. The average molecular weight is 213 g/mol. The lowest BCUT2D eigenvalue weighted by atomic mass is 10.0. The van der Waals surface area contributed by atoms with Crippen molar-refractivity contribution in [1.82, 2.24) is 10.3 Å². The number of aliphatic imine (C=N–C) groups is 1. The maximum atomic E-state index is 4.79. The van der Waals surface area contributed by atoms with Crippen molar-refractivity contribution < 1.29 is 0 Å². The summed E-state index contributed by atoms with van der Waals surface area (Å²) in [6.45, 7) is 4.30. The SMILES string of the molecule is CCc1cc2c([nH]1)C1CC13NC(C)=CC3=N2. The Kier molecular flexibility index (Phi) is 1.30.